The van der Waals surface area contributed by atoms with E-state index in [1.807, 2.05) is 18.2 Å². The van der Waals surface area contributed by atoms with Crippen molar-refractivity contribution in [3.8, 4) is 0 Å². The lowest BCUT2D eigenvalue weighted by Crippen LogP contribution is -2.50. The molecule has 2 aliphatic rings. The second-order valence-corrected chi connectivity index (χ2v) is 6.05. The Hall–Kier alpha value is -1.39. The molecule has 1 aliphatic heterocycles. The molecule has 0 spiro atoms. The van der Waals surface area contributed by atoms with Crippen LogP contribution in [0.5, 0.6) is 0 Å². The van der Waals surface area contributed by atoms with Gasteiger partial charge in [0.25, 0.3) is 0 Å². The van der Waals surface area contributed by atoms with E-state index in [9.17, 15) is 4.79 Å². The summed E-state index contributed by atoms with van der Waals surface area (Å²) in [7, 11) is 1.75. The molecule has 1 saturated heterocycles. The van der Waals surface area contributed by atoms with Crippen LogP contribution >= 0.6 is 0 Å². The Bertz CT molecular complexity index is 485. The fraction of sp³-hybridized carbons (Fsp3) is 0.588. The third-order valence-corrected chi connectivity index (χ3v) is 4.68. The first-order chi connectivity index (χ1) is 10.2. The summed E-state index contributed by atoms with van der Waals surface area (Å²) in [6, 6.07) is 10.5. The zero-order chi connectivity index (χ0) is 14.8. The minimum absolute atomic E-state index is 0.0121. The van der Waals surface area contributed by atoms with Crippen LogP contribution < -0.4 is 5.32 Å². The van der Waals surface area contributed by atoms with Gasteiger partial charge in [-0.3, -0.25) is 10.1 Å². The Morgan fingerprint density at radius 3 is 2.62 bits per heavy atom. The monoisotopic (exact) mass is 288 g/mol. The van der Waals surface area contributed by atoms with Crippen molar-refractivity contribution in [2.45, 2.75) is 57.0 Å². The number of ether oxygens (including phenoxy) is 1. The van der Waals surface area contributed by atoms with Gasteiger partial charge < -0.3 is 9.64 Å². The van der Waals surface area contributed by atoms with E-state index in [1.165, 1.54) is 5.56 Å². The average Bonchev–Trinajstić information content (AvgIpc) is 2.77. The summed E-state index contributed by atoms with van der Waals surface area (Å²) in [5.41, 5.74) is 1.17. The molecule has 1 amide bonds. The molecule has 1 aliphatic carbocycles. The lowest BCUT2D eigenvalue weighted by atomic mass is 9.87. The minimum Gasteiger partial charge on any atom is -0.381 e. The first-order valence-electron chi connectivity index (χ1n) is 7.90. The number of nitrogens with one attached hydrogen (secondary N) is 1. The van der Waals surface area contributed by atoms with Gasteiger partial charge in [0.15, 0.2) is 0 Å². The van der Waals surface area contributed by atoms with E-state index in [-0.39, 0.29) is 18.1 Å². The quantitative estimate of drug-likeness (QED) is 0.905. The highest BCUT2D eigenvalue weighted by Crippen LogP contribution is 2.37. The topological polar surface area (TPSA) is 41.6 Å². The highest BCUT2D eigenvalue weighted by atomic mass is 16.5. The van der Waals surface area contributed by atoms with Gasteiger partial charge in [-0.15, -0.1) is 0 Å². The SMILES string of the molecule is CCCC1NC(c2ccccc2)N(C2CC(OC)C2)C1=O. The van der Waals surface area contributed by atoms with Gasteiger partial charge in [0.05, 0.1) is 12.1 Å². The van der Waals surface area contributed by atoms with Crippen LogP contribution in [0.4, 0.5) is 0 Å². The Labute approximate surface area is 126 Å². The molecule has 1 aromatic rings. The van der Waals surface area contributed by atoms with E-state index in [0.717, 1.165) is 25.7 Å². The van der Waals surface area contributed by atoms with Crippen LogP contribution in [0.1, 0.15) is 44.3 Å². The van der Waals surface area contributed by atoms with Gasteiger partial charge in [-0.2, -0.15) is 0 Å². The van der Waals surface area contributed by atoms with Crippen LogP contribution in [0, 0.1) is 0 Å². The molecule has 0 aromatic heterocycles. The molecule has 1 saturated carbocycles. The maximum atomic E-state index is 12.7. The zero-order valence-corrected chi connectivity index (χ0v) is 12.8. The second-order valence-electron chi connectivity index (χ2n) is 6.05. The van der Waals surface area contributed by atoms with Gasteiger partial charge in [-0.25, -0.2) is 0 Å². The van der Waals surface area contributed by atoms with Gasteiger partial charge >= 0.3 is 0 Å². The Morgan fingerprint density at radius 2 is 2.00 bits per heavy atom. The second kappa shape index (κ2) is 6.16. The summed E-state index contributed by atoms with van der Waals surface area (Å²) in [6.45, 7) is 2.12. The molecule has 0 radical (unpaired) electrons. The summed E-state index contributed by atoms with van der Waals surface area (Å²) in [5, 5.41) is 3.53. The van der Waals surface area contributed by atoms with Gasteiger partial charge in [-0.05, 0) is 24.8 Å². The minimum atomic E-state index is -0.0400. The predicted octanol–water partition coefficient (Wildman–Crippen LogP) is 2.46. The highest BCUT2D eigenvalue weighted by Gasteiger charge is 2.46. The summed E-state index contributed by atoms with van der Waals surface area (Å²) < 4.78 is 5.37. The van der Waals surface area contributed by atoms with Gasteiger partial charge in [-0.1, -0.05) is 43.7 Å². The molecular weight excluding hydrogens is 264 g/mol. The molecule has 2 fully saturated rings. The lowest BCUT2D eigenvalue weighted by molar-refractivity contribution is -0.137. The van der Waals surface area contributed by atoms with Crippen LogP contribution in [0.3, 0.4) is 0 Å². The molecule has 114 valence electrons. The molecular formula is C17H24N2O2. The molecule has 1 heterocycles. The van der Waals surface area contributed by atoms with E-state index in [1.54, 1.807) is 7.11 Å². The van der Waals surface area contributed by atoms with E-state index < -0.39 is 0 Å². The number of hydrogen-bond acceptors (Lipinski definition) is 3. The van der Waals surface area contributed by atoms with Crippen LogP contribution in [0.15, 0.2) is 30.3 Å². The molecule has 2 atom stereocenters. The number of hydrogen-bond donors (Lipinski definition) is 1. The molecule has 0 bridgehead atoms. The largest absolute Gasteiger partial charge is 0.381 e. The van der Waals surface area contributed by atoms with Crippen molar-refractivity contribution >= 4 is 5.91 Å². The van der Waals surface area contributed by atoms with Crippen molar-refractivity contribution in [3.63, 3.8) is 0 Å². The van der Waals surface area contributed by atoms with Gasteiger partial charge in [0, 0.05) is 13.2 Å². The number of carbonyl (C=O) groups is 1. The average molecular weight is 288 g/mol. The first-order valence-corrected chi connectivity index (χ1v) is 7.90. The van der Waals surface area contributed by atoms with Crippen molar-refractivity contribution in [3.05, 3.63) is 35.9 Å². The third-order valence-electron chi connectivity index (χ3n) is 4.68. The number of rotatable bonds is 5. The predicted molar refractivity (Wildman–Crippen MR) is 81.7 cm³/mol. The zero-order valence-electron chi connectivity index (χ0n) is 12.8. The molecule has 1 aromatic carbocycles. The van der Waals surface area contributed by atoms with Crippen molar-refractivity contribution in [1.82, 2.24) is 10.2 Å². The van der Waals surface area contributed by atoms with Crippen LogP contribution in [0.25, 0.3) is 0 Å². The maximum absolute atomic E-state index is 12.7. The number of amides is 1. The Balaban J connectivity index is 1.80. The molecule has 4 heteroatoms. The van der Waals surface area contributed by atoms with Gasteiger partial charge in [0.1, 0.15) is 6.17 Å². The third kappa shape index (κ3) is 2.70. The molecule has 1 N–H and O–H groups in total. The molecule has 21 heavy (non-hydrogen) atoms. The fourth-order valence-electron chi connectivity index (χ4n) is 3.39. The van der Waals surface area contributed by atoms with Crippen molar-refractivity contribution in [1.29, 1.82) is 0 Å². The molecule has 2 unspecified atom stereocenters. The van der Waals surface area contributed by atoms with Crippen LogP contribution in [-0.4, -0.2) is 36.1 Å². The number of methoxy groups -OCH3 is 1. The summed E-state index contributed by atoms with van der Waals surface area (Å²) in [4.78, 5) is 14.8. The van der Waals surface area contributed by atoms with Crippen molar-refractivity contribution in [2.75, 3.05) is 7.11 Å². The number of nitrogens with zero attached hydrogens (tertiary/aromatic N) is 1. The summed E-state index contributed by atoms with van der Waals surface area (Å²) in [6.07, 6.45) is 4.14. The number of benzene rings is 1. The standard InChI is InChI=1S/C17H24N2O2/c1-3-7-15-17(20)19(13-10-14(11-13)21-2)16(18-15)12-8-5-4-6-9-12/h4-6,8-9,13-16,18H,3,7,10-11H2,1-2H3. The van der Waals surface area contributed by atoms with Gasteiger partial charge in [0.2, 0.25) is 5.91 Å². The van der Waals surface area contributed by atoms with Crippen molar-refractivity contribution in [2.24, 2.45) is 0 Å². The maximum Gasteiger partial charge on any atom is 0.241 e. The Kier molecular flexibility index (Phi) is 4.27. The molecule has 3 rings (SSSR count). The highest BCUT2D eigenvalue weighted by molar-refractivity contribution is 5.85. The van der Waals surface area contributed by atoms with Crippen LogP contribution in [-0.2, 0) is 9.53 Å². The van der Waals surface area contributed by atoms with E-state index in [0.29, 0.717) is 12.1 Å². The molecule has 4 nitrogen and oxygen atoms in total. The summed E-state index contributed by atoms with van der Waals surface area (Å²) in [5.74, 6) is 0.255. The van der Waals surface area contributed by atoms with E-state index >= 15 is 0 Å². The lowest BCUT2D eigenvalue weighted by Gasteiger charge is -2.42. The fourth-order valence-corrected chi connectivity index (χ4v) is 3.39. The van der Waals surface area contributed by atoms with E-state index in [4.69, 9.17) is 4.74 Å². The normalized spacial score (nSPS) is 32.3. The summed E-state index contributed by atoms with van der Waals surface area (Å²) >= 11 is 0. The smallest absolute Gasteiger partial charge is 0.241 e. The van der Waals surface area contributed by atoms with Crippen molar-refractivity contribution < 1.29 is 9.53 Å². The number of carbonyl (C=O) groups excluding carboxylic acids is 1. The first kappa shape index (κ1) is 14.5. The Morgan fingerprint density at radius 1 is 1.29 bits per heavy atom. The van der Waals surface area contributed by atoms with Crippen LogP contribution in [0.2, 0.25) is 0 Å². The van der Waals surface area contributed by atoms with E-state index in [2.05, 4.69) is 29.3 Å².